The van der Waals surface area contributed by atoms with Crippen LogP contribution in [0.1, 0.15) is 37.0 Å². The Morgan fingerprint density at radius 1 is 1.18 bits per heavy atom. The lowest BCUT2D eigenvalue weighted by atomic mass is 10.0. The molecule has 4 aromatic rings. The number of carboxylic acids is 1. The number of phenols is 1. The molecule has 0 saturated carbocycles. The van der Waals surface area contributed by atoms with Crippen molar-refractivity contribution in [3.63, 3.8) is 0 Å². The monoisotopic (exact) mass is 462 g/mol. The van der Waals surface area contributed by atoms with Crippen LogP contribution in [0.2, 0.25) is 0 Å². The van der Waals surface area contributed by atoms with Gasteiger partial charge in [0, 0.05) is 30.0 Å². The number of hydrogen-bond donors (Lipinski definition) is 3. The van der Waals surface area contributed by atoms with Crippen LogP contribution in [-0.4, -0.2) is 43.6 Å². The minimum absolute atomic E-state index is 0.0574. The number of aromatic nitrogens is 3. The van der Waals surface area contributed by atoms with Crippen LogP contribution >= 0.6 is 0 Å². The van der Waals surface area contributed by atoms with E-state index < -0.39 is 5.97 Å². The Balaban J connectivity index is 1.67. The first-order valence-corrected chi connectivity index (χ1v) is 11.1. The number of carboxylic acid groups (broad SMARTS) is 1. The number of nitrogens with one attached hydrogen (secondary N) is 1. The zero-order chi connectivity index (χ0) is 24.2. The van der Waals surface area contributed by atoms with Crippen LogP contribution in [0.5, 0.6) is 5.75 Å². The van der Waals surface area contributed by atoms with Crippen molar-refractivity contribution in [1.82, 2.24) is 20.3 Å². The first-order chi connectivity index (χ1) is 16.3. The number of fused-ring (bicyclic) bond motifs is 1. The molecule has 4 rings (SSSR count). The number of amides is 1. The maximum Gasteiger partial charge on any atom is 0.339 e. The van der Waals surface area contributed by atoms with Crippen LogP contribution in [0.25, 0.3) is 33.6 Å². The molecule has 2 aromatic heterocycles. The molecule has 1 amide bonds. The molecule has 0 aliphatic rings. The third-order valence-corrected chi connectivity index (χ3v) is 5.48. The van der Waals surface area contributed by atoms with Gasteiger partial charge in [0.1, 0.15) is 28.4 Å². The highest BCUT2D eigenvalue weighted by Crippen LogP contribution is 2.42. The number of aryl methyl sites for hydroxylation is 1. The molecular formula is C25H26N4O5. The summed E-state index contributed by atoms with van der Waals surface area (Å²) in [6.45, 7) is 5.19. The SMILES string of the molecule is CC(C)CCNC(=O)CCn1cc(-c2c(-c3ccccc3)oc3cc(O)c(C(=O)O)cc23)nn1. The van der Waals surface area contributed by atoms with Crippen molar-refractivity contribution in [2.45, 2.75) is 33.2 Å². The van der Waals surface area contributed by atoms with E-state index in [2.05, 4.69) is 29.5 Å². The van der Waals surface area contributed by atoms with Gasteiger partial charge in [-0.25, -0.2) is 4.79 Å². The molecule has 176 valence electrons. The molecule has 0 aliphatic carbocycles. The third-order valence-electron chi connectivity index (χ3n) is 5.48. The molecule has 0 bridgehead atoms. The molecule has 0 aliphatic heterocycles. The van der Waals surface area contributed by atoms with Crippen molar-refractivity contribution in [3.8, 4) is 28.3 Å². The van der Waals surface area contributed by atoms with E-state index >= 15 is 0 Å². The molecule has 9 heteroatoms. The number of benzene rings is 2. The minimum atomic E-state index is -1.25. The maximum atomic E-state index is 12.1. The lowest BCUT2D eigenvalue weighted by Crippen LogP contribution is -2.26. The Hall–Kier alpha value is -4.14. The second kappa shape index (κ2) is 9.78. The van der Waals surface area contributed by atoms with Gasteiger partial charge >= 0.3 is 5.97 Å². The van der Waals surface area contributed by atoms with Crippen molar-refractivity contribution in [1.29, 1.82) is 0 Å². The highest BCUT2D eigenvalue weighted by Gasteiger charge is 2.23. The van der Waals surface area contributed by atoms with Crippen LogP contribution in [0.3, 0.4) is 0 Å². The van der Waals surface area contributed by atoms with E-state index in [1.54, 1.807) is 10.9 Å². The summed E-state index contributed by atoms with van der Waals surface area (Å²) in [5, 5.41) is 31.4. The number of hydrogen-bond acceptors (Lipinski definition) is 6. The van der Waals surface area contributed by atoms with E-state index in [-0.39, 0.29) is 23.6 Å². The molecule has 0 saturated heterocycles. The average Bonchev–Trinajstić information content (AvgIpc) is 3.41. The fraction of sp³-hybridized carbons (Fsp3) is 0.280. The van der Waals surface area contributed by atoms with Gasteiger partial charge in [0.15, 0.2) is 0 Å². The number of nitrogens with zero attached hydrogens (tertiary/aromatic N) is 3. The fourth-order valence-electron chi connectivity index (χ4n) is 3.68. The first kappa shape index (κ1) is 23.0. The van der Waals surface area contributed by atoms with Gasteiger partial charge < -0.3 is 19.9 Å². The molecule has 0 spiro atoms. The quantitative estimate of drug-likeness (QED) is 0.338. The lowest BCUT2D eigenvalue weighted by molar-refractivity contribution is -0.121. The third kappa shape index (κ3) is 4.93. The van der Waals surface area contributed by atoms with Gasteiger partial charge in [0.2, 0.25) is 5.91 Å². The summed E-state index contributed by atoms with van der Waals surface area (Å²) in [6, 6.07) is 12.0. The summed E-state index contributed by atoms with van der Waals surface area (Å²) >= 11 is 0. The average molecular weight is 463 g/mol. The number of furan rings is 1. The van der Waals surface area contributed by atoms with Crippen molar-refractivity contribution < 1.29 is 24.2 Å². The Labute approximate surface area is 196 Å². The zero-order valence-corrected chi connectivity index (χ0v) is 19.0. The van der Waals surface area contributed by atoms with Gasteiger partial charge in [-0.3, -0.25) is 9.48 Å². The van der Waals surface area contributed by atoms with Gasteiger partial charge in [0.05, 0.1) is 18.3 Å². The molecule has 0 unspecified atom stereocenters. The minimum Gasteiger partial charge on any atom is -0.507 e. The van der Waals surface area contributed by atoms with Crippen molar-refractivity contribution >= 4 is 22.8 Å². The van der Waals surface area contributed by atoms with Gasteiger partial charge in [-0.2, -0.15) is 0 Å². The van der Waals surface area contributed by atoms with Crippen LogP contribution in [0.4, 0.5) is 0 Å². The first-order valence-electron chi connectivity index (χ1n) is 11.1. The smallest absolute Gasteiger partial charge is 0.339 e. The molecule has 2 aromatic carbocycles. The number of carbonyl (C=O) groups excluding carboxylic acids is 1. The van der Waals surface area contributed by atoms with Crippen molar-refractivity contribution in [3.05, 3.63) is 54.2 Å². The summed E-state index contributed by atoms with van der Waals surface area (Å²) in [4.78, 5) is 23.7. The van der Waals surface area contributed by atoms with Gasteiger partial charge in [-0.05, 0) is 18.4 Å². The van der Waals surface area contributed by atoms with E-state index in [1.807, 2.05) is 30.3 Å². The fourth-order valence-corrected chi connectivity index (χ4v) is 3.68. The molecule has 0 radical (unpaired) electrons. The zero-order valence-electron chi connectivity index (χ0n) is 19.0. The largest absolute Gasteiger partial charge is 0.507 e. The van der Waals surface area contributed by atoms with Crippen LogP contribution in [0.15, 0.2) is 53.1 Å². The second-order valence-corrected chi connectivity index (χ2v) is 8.49. The Morgan fingerprint density at radius 3 is 2.65 bits per heavy atom. The summed E-state index contributed by atoms with van der Waals surface area (Å²) in [6.07, 6.45) is 2.88. The number of rotatable bonds is 9. The lowest BCUT2D eigenvalue weighted by Gasteiger charge is -2.06. The molecule has 0 fully saturated rings. The summed E-state index contributed by atoms with van der Waals surface area (Å²) < 4.78 is 7.61. The number of carbonyl (C=O) groups is 2. The predicted octanol–water partition coefficient (Wildman–Crippen LogP) is 4.31. The highest BCUT2D eigenvalue weighted by molar-refractivity contribution is 6.05. The molecule has 9 nitrogen and oxygen atoms in total. The summed E-state index contributed by atoms with van der Waals surface area (Å²) in [5.41, 5.74) is 1.90. The molecular weight excluding hydrogens is 436 g/mol. The van der Waals surface area contributed by atoms with E-state index in [9.17, 15) is 19.8 Å². The Kier molecular flexibility index (Phi) is 6.62. The van der Waals surface area contributed by atoms with Gasteiger partial charge in [-0.1, -0.05) is 49.4 Å². The van der Waals surface area contributed by atoms with E-state index in [1.165, 1.54) is 12.1 Å². The maximum absolute atomic E-state index is 12.1. The Bertz CT molecular complexity index is 1320. The van der Waals surface area contributed by atoms with E-state index in [4.69, 9.17) is 4.42 Å². The molecule has 34 heavy (non-hydrogen) atoms. The normalized spacial score (nSPS) is 11.3. The van der Waals surface area contributed by atoms with Crippen LogP contribution in [-0.2, 0) is 11.3 Å². The predicted molar refractivity (Wildman–Crippen MR) is 126 cm³/mol. The number of aromatic hydroxyl groups is 1. The second-order valence-electron chi connectivity index (χ2n) is 8.49. The molecule has 0 atom stereocenters. The van der Waals surface area contributed by atoms with Gasteiger partial charge in [-0.15, -0.1) is 5.10 Å². The van der Waals surface area contributed by atoms with Crippen molar-refractivity contribution in [2.24, 2.45) is 5.92 Å². The standard InChI is InChI=1S/C25H26N4O5/c1-15(2)8-10-26-22(31)9-11-29-14-19(27-28-29)23-18-12-17(25(32)33)20(30)13-21(18)34-24(23)16-6-4-3-5-7-16/h3-7,12-15,30H,8-11H2,1-2H3,(H,26,31)(H,32,33). The van der Waals surface area contributed by atoms with Crippen molar-refractivity contribution in [2.75, 3.05) is 6.54 Å². The molecule has 3 N–H and O–H groups in total. The van der Waals surface area contributed by atoms with E-state index in [0.717, 1.165) is 12.0 Å². The summed E-state index contributed by atoms with van der Waals surface area (Å²) in [7, 11) is 0. The summed E-state index contributed by atoms with van der Waals surface area (Å²) in [5.74, 6) is -0.689. The topological polar surface area (TPSA) is 130 Å². The Morgan fingerprint density at radius 2 is 1.94 bits per heavy atom. The number of aromatic carboxylic acids is 1. The van der Waals surface area contributed by atoms with E-state index in [0.29, 0.717) is 47.0 Å². The van der Waals surface area contributed by atoms with Gasteiger partial charge in [0.25, 0.3) is 0 Å². The highest BCUT2D eigenvalue weighted by atomic mass is 16.4. The van der Waals surface area contributed by atoms with Crippen LogP contribution < -0.4 is 5.32 Å². The van der Waals surface area contributed by atoms with Crippen LogP contribution in [0, 0.1) is 5.92 Å². The molecule has 2 heterocycles.